The highest BCUT2D eigenvalue weighted by molar-refractivity contribution is 8.00. The average Bonchev–Trinajstić information content (AvgIpc) is 2.37. The van der Waals surface area contributed by atoms with Gasteiger partial charge in [0, 0.05) is 10.9 Å². The molecule has 0 saturated heterocycles. The first-order valence-electron chi connectivity index (χ1n) is 6.07. The molecule has 1 N–H and O–H groups in total. The van der Waals surface area contributed by atoms with Crippen LogP contribution in [0.1, 0.15) is 18.9 Å². The van der Waals surface area contributed by atoms with Crippen LogP contribution < -0.4 is 5.32 Å². The van der Waals surface area contributed by atoms with Gasteiger partial charge in [-0.3, -0.25) is 9.59 Å². The number of esters is 1. The van der Waals surface area contributed by atoms with E-state index in [0.717, 1.165) is 10.5 Å². The van der Waals surface area contributed by atoms with E-state index in [2.05, 4.69) is 10.1 Å². The Hall–Kier alpha value is -1.49. The van der Waals surface area contributed by atoms with Crippen molar-refractivity contribution in [2.75, 3.05) is 12.9 Å². The molecular weight excluding hydrogens is 262 g/mol. The van der Waals surface area contributed by atoms with Gasteiger partial charge in [0.2, 0.25) is 5.91 Å². The number of carbonyl (C=O) groups is 2. The van der Waals surface area contributed by atoms with Gasteiger partial charge in [-0.05, 0) is 25.5 Å². The SMILES string of the molecule is COC(=O)CC(C)NC(=O)CSc1ccccc1C. The first-order chi connectivity index (χ1) is 9.02. The number of rotatable bonds is 6. The van der Waals surface area contributed by atoms with E-state index in [-0.39, 0.29) is 24.3 Å². The van der Waals surface area contributed by atoms with Crippen molar-refractivity contribution < 1.29 is 14.3 Å². The molecule has 1 amide bonds. The van der Waals surface area contributed by atoms with E-state index in [9.17, 15) is 9.59 Å². The number of amides is 1. The largest absolute Gasteiger partial charge is 0.469 e. The summed E-state index contributed by atoms with van der Waals surface area (Å²) in [6.45, 7) is 3.80. The molecule has 0 saturated carbocycles. The Kier molecular flexibility index (Phi) is 6.42. The average molecular weight is 281 g/mol. The molecule has 0 fully saturated rings. The van der Waals surface area contributed by atoms with Crippen molar-refractivity contribution in [2.45, 2.75) is 31.2 Å². The lowest BCUT2D eigenvalue weighted by atomic mass is 10.2. The number of ether oxygens (including phenoxy) is 1. The van der Waals surface area contributed by atoms with E-state index < -0.39 is 0 Å². The molecule has 0 radical (unpaired) electrons. The molecule has 4 nitrogen and oxygen atoms in total. The summed E-state index contributed by atoms with van der Waals surface area (Å²) in [4.78, 5) is 23.9. The van der Waals surface area contributed by atoms with E-state index in [0.29, 0.717) is 5.75 Å². The minimum absolute atomic E-state index is 0.0790. The van der Waals surface area contributed by atoms with Crippen molar-refractivity contribution in [3.8, 4) is 0 Å². The summed E-state index contributed by atoms with van der Waals surface area (Å²) >= 11 is 1.49. The molecule has 19 heavy (non-hydrogen) atoms. The van der Waals surface area contributed by atoms with Crippen LogP contribution in [0.3, 0.4) is 0 Å². The van der Waals surface area contributed by atoms with Crippen LogP contribution in [-0.2, 0) is 14.3 Å². The number of thioether (sulfide) groups is 1. The molecule has 1 unspecified atom stereocenters. The molecule has 1 rings (SSSR count). The summed E-state index contributed by atoms with van der Waals surface area (Å²) in [6.07, 6.45) is 0.192. The normalized spacial score (nSPS) is 11.7. The Morgan fingerprint density at radius 1 is 1.37 bits per heavy atom. The van der Waals surface area contributed by atoms with Gasteiger partial charge in [0.05, 0.1) is 19.3 Å². The number of hydrogen-bond donors (Lipinski definition) is 1. The van der Waals surface area contributed by atoms with Gasteiger partial charge in [0.1, 0.15) is 0 Å². The second-order valence-corrected chi connectivity index (χ2v) is 5.32. The molecule has 0 aromatic heterocycles. The number of methoxy groups -OCH3 is 1. The monoisotopic (exact) mass is 281 g/mol. The van der Waals surface area contributed by atoms with Gasteiger partial charge in [-0.25, -0.2) is 0 Å². The number of benzene rings is 1. The molecule has 0 aliphatic rings. The Bertz CT molecular complexity index is 448. The lowest BCUT2D eigenvalue weighted by Crippen LogP contribution is -2.35. The highest BCUT2D eigenvalue weighted by atomic mass is 32.2. The fraction of sp³-hybridized carbons (Fsp3) is 0.429. The highest BCUT2D eigenvalue weighted by Gasteiger charge is 2.12. The van der Waals surface area contributed by atoms with Crippen LogP contribution >= 0.6 is 11.8 Å². The molecule has 0 bridgehead atoms. The Labute approximate surface area is 117 Å². The number of carbonyl (C=O) groups excluding carboxylic acids is 2. The quantitative estimate of drug-likeness (QED) is 0.641. The Morgan fingerprint density at radius 3 is 2.68 bits per heavy atom. The van der Waals surface area contributed by atoms with Crippen molar-refractivity contribution in [3.63, 3.8) is 0 Å². The summed E-state index contributed by atoms with van der Waals surface area (Å²) in [5.74, 6) is -0.0554. The first-order valence-corrected chi connectivity index (χ1v) is 7.06. The number of nitrogens with one attached hydrogen (secondary N) is 1. The Balaban J connectivity index is 2.36. The number of hydrogen-bond acceptors (Lipinski definition) is 4. The van der Waals surface area contributed by atoms with E-state index in [1.54, 1.807) is 6.92 Å². The van der Waals surface area contributed by atoms with Crippen molar-refractivity contribution in [1.29, 1.82) is 0 Å². The summed E-state index contributed by atoms with van der Waals surface area (Å²) < 4.78 is 4.55. The van der Waals surface area contributed by atoms with Gasteiger partial charge in [0.25, 0.3) is 0 Å². The van der Waals surface area contributed by atoms with Crippen LogP contribution in [0.4, 0.5) is 0 Å². The van der Waals surface area contributed by atoms with Crippen LogP contribution in [0, 0.1) is 6.92 Å². The number of aryl methyl sites for hydroxylation is 1. The zero-order chi connectivity index (χ0) is 14.3. The predicted molar refractivity (Wildman–Crippen MR) is 76.1 cm³/mol. The molecule has 5 heteroatoms. The van der Waals surface area contributed by atoms with Gasteiger partial charge in [0.15, 0.2) is 0 Å². The molecular formula is C14H19NO3S. The van der Waals surface area contributed by atoms with Crippen molar-refractivity contribution in [2.24, 2.45) is 0 Å². The summed E-state index contributed by atoms with van der Waals surface area (Å²) in [7, 11) is 1.34. The summed E-state index contributed by atoms with van der Waals surface area (Å²) in [5.41, 5.74) is 1.16. The fourth-order valence-electron chi connectivity index (χ4n) is 1.56. The maximum Gasteiger partial charge on any atom is 0.307 e. The predicted octanol–water partition coefficient (Wildman–Crippen LogP) is 2.15. The second-order valence-electron chi connectivity index (χ2n) is 4.30. The molecule has 104 valence electrons. The minimum atomic E-state index is -0.320. The van der Waals surface area contributed by atoms with Crippen LogP contribution in [0.15, 0.2) is 29.2 Å². The van der Waals surface area contributed by atoms with E-state index in [1.807, 2.05) is 31.2 Å². The van der Waals surface area contributed by atoms with E-state index in [4.69, 9.17) is 0 Å². The lowest BCUT2D eigenvalue weighted by molar-refractivity contribution is -0.141. The maximum atomic E-state index is 11.7. The molecule has 0 spiro atoms. The zero-order valence-corrected chi connectivity index (χ0v) is 12.3. The molecule has 0 aliphatic heterocycles. The third kappa shape index (κ3) is 5.79. The van der Waals surface area contributed by atoms with Crippen LogP contribution in [0.2, 0.25) is 0 Å². The lowest BCUT2D eigenvalue weighted by Gasteiger charge is -2.12. The highest BCUT2D eigenvalue weighted by Crippen LogP contribution is 2.21. The van der Waals surface area contributed by atoms with Gasteiger partial charge in [-0.15, -0.1) is 11.8 Å². The van der Waals surface area contributed by atoms with Crippen molar-refractivity contribution in [3.05, 3.63) is 29.8 Å². The van der Waals surface area contributed by atoms with E-state index >= 15 is 0 Å². The van der Waals surface area contributed by atoms with Crippen LogP contribution in [-0.4, -0.2) is 30.8 Å². The third-order valence-corrected chi connectivity index (χ3v) is 3.74. The van der Waals surface area contributed by atoms with Crippen LogP contribution in [0.25, 0.3) is 0 Å². The van der Waals surface area contributed by atoms with Gasteiger partial charge in [-0.2, -0.15) is 0 Å². The fourth-order valence-corrected chi connectivity index (χ4v) is 2.40. The van der Waals surface area contributed by atoms with Crippen LogP contribution in [0.5, 0.6) is 0 Å². The Morgan fingerprint density at radius 2 is 2.05 bits per heavy atom. The zero-order valence-electron chi connectivity index (χ0n) is 11.4. The first kappa shape index (κ1) is 15.6. The molecule has 0 heterocycles. The smallest absolute Gasteiger partial charge is 0.307 e. The molecule has 0 aliphatic carbocycles. The minimum Gasteiger partial charge on any atom is -0.469 e. The summed E-state index contributed by atoms with van der Waals surface area (Å²) in [5, 5.41) is 2.77. The standard InChI is InChI=1S/C14H19NO3S/c1-10-6-4-5-7-12(10)19-9-13(16)15-11(2)8-14(17)18-3/h4-7,11H,8-9H2,1-3H3,(H,15,16). The molecule has 1 atom stereocenters. The maximum absolute atomic E-state index is 11.7. The summed E-state index contributed by atoms with van der Waals surface area (Å²) in [6, 6.07) is 7.72. The van der Waals surface area contributed by atoms with Gasteiger partial charge in [-0.1, -0.05) is 18.2 Å². The van der Waals surface area contributed by atoms with Gasteiger partial charge < -0.3 is 10.1 Å². The third-order valence-electron chi connectivity index (χ3n) is 2.56. The van der Waals surface area contributed by atoms with Gasteiger partial charge >= 0.3 is 5.97 Å². The van der Waals surface area contributed by atoms with E-state index in [1.165, 1.54) is 18.9 Å². The van der Waals surface area contributed by atoms with Crippen molar-refractivity contribution in [1.82, 2.24) is 5.32 Å². The topological polar surface area (TPSA) is 55.4 Å². The molecule has 1 aromatic rings. The van der Waals surface area contributed by atoms with Crippen molar-refractivity contribution >= 4 is 23.6 Å². The molecule has 1 aromatic carbocycles. The second kappa shape index (κ2) is 7.84.